The maximum Gasteiger partial charge on any atom is 0.222 e. The second-order valence-corrected chi connectivity index (χ2v) is 5.78. The summed E-state index contributed by atoms with van der Waals surface area (Å²) >= 11 is 0. The smallest absolute Gasteiger partial charge is 0.222 e. The van der Waals surface area contributed by atoms with Gasteiger partial charge in [0.05, 0.1) is 6.54 Å². The first kappa shape index (κ1) is 14.5. The van der Waals surface area contributed by atoms with Crippen molar-refractivity contribution in [3.05, 3.63) is 12.7 Å². The largest absolute Gasteiger partial charge is 0.377 e. The Labute approximate surface area is 124 Å². The fraction of sp³-hybridized carbons (Fsp3) is 0.786. The van der Waals surface area contributed by atoms with E-state index in [9.17, 15) is 4.79 Å². The number of aromatic nitrogens is 3. The van der Waals surface area contributed by atoms with Gasteiger partial charge in [-0.15, -0.1) is 0 Å². The van der Waals surface area contributed by atoms with Crippen molar-refractivity contribution in [3.8, 4) is 0 Å². The minimum absolute atomic E-state index is 0.000680. The molecule has 3 heterocycles. The molecule has 0 aliphatic carbocycles. The summed E-state index contributed by atoms with van der Waals surface area (Å²) in [6, 6.07) is 0. The van der Waals surface area contributed by atoms with Crippen LogP contribution >= 0.6 is 0 Å². The maximum absolute atomic E-state index is 12.3. The lowest BCUT2D eigenvalue weighted by atomic mass is 9.96. The number of likely N-dealkylation sites (tertiary alicyclic amines) is 1. The number of ether oxygens (including phenoxy) is 2. The van der Waals surface area contributed by atoms with Crippen molar-refractivity contribution in [1.29, 1.82) is 0 Å². The van der Waals surface area contributed by atoms with Crippen LogP contribution in [0, 0.1) is 0 Å². The van der Waals surface area contributed by atoms with Gasteiger partial charge in [-0.1, -0.05) is 0 Å². The van der Waals surface area contributed by atoms with E-state index in [4.69, 9.17) is 9.47 Å². The SMILES string of the molecule is CO[C@H]1CN(C(=O)CCCn2cncn2)C[C@@]12CCCO2. The monoisotopic (exact) mass is 294 g/mol. The van der Waals surface area contributed by atoms with Crippen LogP contribution in [0.1, 0.15) is 25.7 Å². The van der Waals surface area contributed by atoms with Gasteiger partial charge in [-0.05, 0) is 19.3 Å². The van der Waals surface area contributed by atoms with E-state index in [1.807, 2.05) is 4.90 Å². The number of rotatable bonds is 5. The third-order valence-corrected chi connectivity index (χ3v) is 4.45. The number of hydrogen-bond donors (Lipinski definition) is 0. The van der Waals surface area contributed by atoms with Gasteiger partial charge in [0.1, 0.15) is 24.4 Å². The topological polar surface area (TPSA) is 69.5 Å². The molecule has 0 saturated carbocycles. The molecule has 7 heteroatoms. The highest BCUT2D eigenvalue weighted by Gasteiger charge is 2.51. The van der Waals surface area contributed by atoms with E-state index < -0.39 is 0 Å². The minimum Gasteiger partial charge on any atom is -0.377 e. The van der Waals surface area contributed by atoms with Gasteiger partial charge in [-0.25, -0.2) is 4.98 Å². The van der Waals surface area contributed by atoms with Crippen molar-refractivity contribution >= 4 is 5.91 Å². The van der Waals surface area contributed by atoms with Gasteiger partial charge in [-0.2, -0.15) is 5.10 Å². The second-order valence-electron chi connectivity index (χ2n) is 5.78. The third-order valence-electron chi connectivity index (χ3n) is 4.45. The number of nitrogens with zero attached hydrogens (tertiary/aromatic N) is 4. The van der Waals surface area contributed by atoms with E-state index in [-0.39, 0.29) is 17.6 Å². The molecule has 1 spiro atoms. The number of hydrogen-bond acceptors (Lipinski definition) is 5. The highest BCUT2D eigenvalue weighted by Crippen LogP contribution is 2.36. The van der Waals surface area contributed by atoms with E-state index in [0.717, 1.165) is 32.4 Å². The lowest BCUT2D eigenvalue weighted by Gasteiger charge is -2.27. The summed E-state index contributed by atoms with van der Waals surface area (Å²) in [4.78, 5) is 18.1. The Kier molecular flexibility index (Phi) is 4.21. The first-order valence-electron chi connectivity index (χ1n) is 7.50. The van der Waals surface area contributed by atoms with Crippen molar-refractivity contribution in [3.63, 3.8) is 0 Å². The van der Waals surface area contributed by atoms with Crippen LogP contribution in [-0.4, -0.2) is 64.1 Å². The summed E-state index contributed by atoms with van der Waals surface area (Å²) < 4.78 is 13.2. The predicted octanol–water partition coefficient (Wildman–Crippen LogP) is 0.465. The van der Waals surface area contributed by atoms with E-state index in [1.54, 1.807) is 18.1 Å². The van der Waals surface area contributed by atoms with Crippen LogP contribution in [-0.2, 0) is 20.8 Å². The zero-order chi connectivity index (χ0) is 14.7. The Hall–Kier alpha value is -1.47. The lowest BCUT2D eigenvalue weighted by molar-refractivity contribution is -0.131. The Morgan fingerprint density at radius 1 is 1.57 bits per heavy atom. The normalized spacial score (nSPS) is 28.6. The molecule has 116 valence electrons. The minimum atomic E-state index is -0.268. The summed E-state index contributed by atoms with van der Waals surface area (Å²) in [6.45, 7) is 2.79. The number of methoxy groups -OCH3 is 1. The van der Waals surface area contributed by atoms with E-state index in [2.05, 4.69) is 10.1 Å². The molecule has 7 nitrogen and oxygen atoms in total. The average molecular weight is 294 g/mol. The summed E-state index contributed by atoms with van der Waals surface area (Å²) in [5.74, 6) is 0.171. The average Bonchev–Trinajstić information content (AvgIpc) is 3.21. The molecular formula is C14H22N4O3. The first-order valence-corrected chi connectivity index (χ1v) is 7.50. The van der Waals surface area contributed by atoms with Crippen LogP contribution in [0.3, 0.4) is 0 Å². The standard InChI is InChI=1S/C14H22N4O3/c1-20-12-8-17(9-14(12)5-3-7-21-14)13(19)4-2-6-18-11-15-10-16-18/h10-12H,2-9H2,1H3/t12-,14-/m0/s1. The molecule has 0 radical (unpaired) electrons. The number of carbonyl (C=O) groups excluding carboxylic acids is 1. The Morgan fingerprint density at radius 2 is 2.48 bits per heavy atom. The molecule has 2 saturated heterocycles. The number of carbonyl (C=O) groups is 1. The van der Waals surface area contributed by atoms with Crippen LogP contribution < -0.4 is 0 Å². The quantitative estimate of drug-likeness (QED) is 0.789. The van der Waals surface area contributed by atoms with Gasteiger partial charge in [0.15, 0.2) is 0 Å². The summed E-state index contributed by atoms with van der Waals surface area (Å²) in [5, 5.41) is 4.03. The molecule has 1 aromatic rings. The summed E-state index contributed by atoms with van der Waals surface area (Å²) in [7, 11) is 1.70. The fourth-order valence-electron chi connectivity index (χ4n) is 3.33. The second kappa shape index (κ2) is 6.11. The zero-order valence-electron chi connectivity index (χ0n) is 12.4. The highest BCUT2D eigenvalue weighted by atomic mass is 16.6. The molecule has 0 N–H and O–H groups in total. The Balaban J connectivity index is 1.51. The van der Waals surface area contributed by atoms with Gasteiger partial charge in [0.25, 0.3) is 0 Å². The molecule has 0 unspecified atom stereocenters. The summed E-state index contributed by atoms with van der Waals surface area (Å²) in [5.41, 5.74) is -0.268. The number of amides is 1. The third kappa shape index (κ3) is 2.94. The predicted molar refractivity (Wildman–Crippen MR) is 74.6 cm³/mol. The highest BCUT2D eigenvalue weighted by molar-refractivity contribution is 5.76. The van der Waals surface area contributed by atoms with Crippen molar-refractivity contribution in [2.75, 3.05) is 26.8 Å². The molecule has 2 atom stereocenters. The molecule has 0 aromatic carbocycles. The van der Waals surface area contributed by atoms with Crippen LogP contribution in [0.25, 0.3) is 0 Å². The van der Waals surface area contributed by atoms with E-state index >= 15 is 0 Å². The van der Waals surface area contributed by atoms with E-state index in [1.165, 1.54) is 6.33 Å². The van der Waals surface area contributed by atoms with E-state index in [0.29, 0.717) is 19.5 Å². The maximum atomic E-state index is 12.3. The van der Waals surface area contributed by atoms with Crippen LogP contribution in [0.15, 0.2) is 12.7 Å². The summed E-state index contributed by atoms with van der Waals surface area (Å²) in [6.07, 6.45) is 6.49. The number of aryl methyl sites for hydroxylation is 1. The van der Waals surface area contributed by atoms with Crippen molar-refractivity contribution in [1.82, 2.24) is 19.7 Å². The Morgan fingerprint density at radius 3 is 3.14 bits per heavy atom. The zero-order valence-corrected chi connectivity index (χ0v) is 12.4. The lowest BCUT2D eigenvalue weighted by Crippen LogP contribution is -2.42. The van der Waals surface area contributed by atoms with Gasteiger partial charge in [0.2, 0.25) is 5.91 Å². The van der Waals surface area contributed by atoms with Gasteiger partial charge in [-0.3, -0.25) is 9.48 Å². The van der Waals surface area contributed by atoms with Gasteiger partial charge in [0, 0.05) is 33.2 Å². The molecule has 2 aliphatic rings. The molecule has 1 amide bonds. The Bertz CT molecular complexity index is 471. The first-order chi connectivity index (χ1) is 10.2. The fourth-order valence-corrected chi connectivity index (χ4v) is 3.33. The molecule has 2 fully saturated rings. The van der Waals surface area contributed by atoms with Crippen molar-refractivity contribution in [2.45, 2.75) is 43.9 Å². The molecule has 2 aliphatic heterocycles. The molecule has 0 bridgehead atoms. The van der Waals surface area contributed by atoms with Crippen LogP contribution in [0.2, 0.25) is 0 Å². The van der Waals surface area contributed by atoms with Gasteiger partial charge >= 0.3 is 0 Å². The molecular weight excluding hydrogens is 272 g/mol. The molecule has 1 aromatic heterocycles. The van der Waals surface area contributed by atoms with Crippen LogP contribution in [0.5, 0.6) is 0 Å². The van der Waals surface area contributed by atoms with Crippen molar-refractivity contribution < 1.29 is 14.3 Å². The van der Waals surface area contributed by atoms with Crippen LogP contribution in [0.4, 0.5) is 0 Å². The molecule has 3 rings (SSSR count). The van der Waals surface area contributed by atoms with Crippen molar-refractivity contribution in [2.24, 2.45) is 0 Å². The van der Waals surface area contributed by atoms with Gasteiger partial charge < -0.3 is 14.4 Å². The molecule has 21 heavy (non-hydrogen) atoms.